The third-order valence-corrected chi connectivity index (χ3v) is 5.14. The standard InChI is InChI=1S/C20H18N2O3/c23-19(13-5-2-1-3-6-13)22-17-9-8-15(14-7-4-10-21-12-14)18(22)11-16(17)20(24)25/h1-8,10,12,16-18H,9,11H2,(H,24,25)/t16?,17-,18-/m1/s1. The van der Waals surface area contributed by atoms with Gasteiger partial charge in [0.15, 0.2) is 0 Å². The highest BCUT2D eigenvalue weighted by atomic mass is 16.4. The van der Waals surface area contributed by atoms with Crippen molar-refractivity contribution in [2.75, 3.05) is 0 Å². The lowest BCUT2D eigenvalue weighted by Gasteiger charge is -2.35. The van der Waals surface area contributed by atoms with Crippen LogP contribution < -0.4 is 0 Å². The molecule has 1 fully saturated rings. The van der Waals surface area contributed by atoms with E-state index >= 15 is 0 Å². The van der Waals surface area contributed by atoms with Gasteiger partial charge in [0, 0.05) is 24.0 Å². The maximum absolute atomic E-state index is 13.1. The van der Waals surface area contributed by atoms with E-state index in [9.17, 15) is 14.7 Å². The fraction of sp³-hybridized carbons (Fsp3) is 0.250. The van der Waals surface area contributed by atoms with E-state index in [0.29, 0.717) is 18.4 Å². The molecule has 1 amide bonds. The number of rotatable bonds is 3. The lowest BCUT2D eigenvalue weighted by Crippen LogP contribution is -2.45. The summed E-state index contributed by atoms with van der Waals surface area (Å²) in [7, 11) is 0. The van der Waals surface area contributed by atoms with Crippen molar-refractivity contribution in [1.82, 2.24) is 9.88 Å². The van der Waals surface area contributed by atoms with E-state index in [2.05, 4.69) is 11.1 Å². The summed E-state index contributed by atoms with van der Waals surface area (Å²) in [6, 6.07) is 12.4. The Labute approximate surface area is 145 Å². The van der Waals surface area contributed by atoms with E-state index in [1.807, 2.05) is 30.3 Å². The van der Waals surface area contributed by atoms with E-state index < -0.39 is 11.9 Å². The van der Waals surface area contributed by atoms with Gasteiger partial charge in [-0.25, -0.2) is 0 Å². The fourth-order valence-corrected chi connectivity index (χ4v) is 4.01. The molecule has 1 aromatic heterocycles. The summed E-state index contributed by atoms with van der Waals surface area (Å²) < 4.78 is 0. The number of pyridine rings is 1. The van der Waals surface area contributed by atoms with E-state index in [-0.39, 0.29) is 18.0 Å². The first-order valence-corrected chi connectivity index (χ1v) is 8.38. The first kappa shape index (κ1) is 15.6. The molecule has 1 N–H and O–H groups in total. The van der Waals surface area contributed by atoms with E-state index in [4.69, 9.17) is 0 Å². The minimum Gasteiger partial charge on any atom is -0.481 e. The van der Waals surface area contributed by atoms with Crippen molar-refractivity contribution >= 4 is 17.4 Å². The van der Waals surface area contributed by atoms with Gasteiger partial charge in [-0.1, -0.05) is 30.3 Å². The first-order valence-electron chi connectivity index (χ1n) is 8.38. The number of hydrogen-bond donors (Lipinski definition) is 1. The highest BCUT2D eigenvalue weighted by molar-refractivity contribution is 5.97. The molecule has 3 heterocycles. The summed E-state index contributed by atoms with van der Waals surface area (Å²) >= 11 is 0. The van der Waals surface area contributed by atoms with Crippen molar-refractivity contribution in [2.24, 2.45) is 5.92 Å². The average molecular weight is 334 g/mol. The Bertz CT molecular complexity index is 833. The van der Waals surface area contributed by atoms with Crippen LogP contribution in [0.2, 0.25) is 0 Å². The van der Waals surface area contributed by atoms with Crippen molar-refractivity contribution in [3.63, 3.8) is 0 Å². The van der Waals surface area contributed by atoms with E-state index in [1.165, 1.54) is 0 Å². The summed E-state index contributed by atoms with van der Waals surface area (Å²) in [5.74, 6) is -1.48. The average Bonchev–Trinajstić information content (AvgIpc) is 2.92. The zero-order valence-corrected chi connectivity index (χ0v) is 13.6. The van der Waals surface area contributed by atoms with Crippen LogP contribution in [0.5, 0.6) is 0 Å². The Morgan fingerprint density at radius 2 is 1.92 bits per heavy atom. The number of aromatic nitrogens is 1. The van der Waals surface area contributed by atoms with Crippen LogP contribution in [0.4, 0.5) is 0 Å². The molecule has 126 valence electrons. The highest BCUT2D eigenvalue weighted by Crippen LogP contribution is 2.44. The molecular formula is C20H18N2O3. The van der Waals surface area contributed by atoms with Crippen LogP contribution in [0.15, 0.2) is 60.9 Å². The van der Waals surface area contributed by atoms with Crippen LogP contribution in [-0.4, -0.2) is 39.0 Å². The molecule has 3 atom stereocenters. The maximum Gasteiger partial charge on any atom is 0.308 e. The van der Waals surface area contributed by atoms with Gasteiger partial charge in [-0.05, 0) is 42.2 Å². The van der Waals surface area contributed by atoms with Gasteiger partial charge in [0.05, 0.1) is 12.0 Å². The SMILES string of the molecule is O=C(O)C1C[C@@H]2C(c3cccnc3)=CC[C@H]1N2C(=O)c1ccccc1. The molecule has 2 aliphatic heterocycles. The Balaban J connectivity index is 1.74. The number of nitrogens with zero attached hydrogens (tertiary/aromatic N) is 2. The molecule has 4 rings (SSSR count). The third kappa shape index (κ3) is 2.61. The van der Waals surface area contributed by atoms with Crippen molar-refractivity contribution < 1.29 is 14.7 Å². The number of benzene rings is 1. The number of aliphatic carboxylic acids is 1. The molecule has 0 aliphatic carbocycles. The van der Waals surface area contributed by atoms with Crippen LogP contribution in [0, 0.1) is 5.92 Å². The lowest BCUT2D eigenvalue weighted by atomic mass is 9.94. The molecule has 5 nitrogen and oxygen atoms in total. The molecule has 1 saturated heterocycles. The van der Waals surface area contributed by atoms with Crippen molar-refractivity contribution in [3.05, 3.63) is 72.1 Å². The largest absolute Gasteiger partial charge is 0.481 e. The van der Waals surface area contributed by atoms with Crippen LogP contribution in [-0.2, 0) is 4.79 Å². The zero-order chi connectivity index (χ0) is 17.4. The van der Waals surface area contributed by atoms with Crippen LogP contribution >= 0.6 is 0 Å². The molecule has 1 unspecified atom stereocenters. The summed E-state index contributed by atoms with van der Waals surface area (Å²) in [4.78, 5) is 30.8. The molecule has 25 heavy (non-hydrogen) atoms. The van der Waals surface area contributed by atoms with Gasteiger partial charge in [-0.3, -0.25) is 14.6 Å². The molecular weight excluding hydrogens is 316 g/mol. The lowest BCUT2D eigenvalue weighted by molar-refractivity contribution is -0.142. The monoisotopic (exact) mass is 334 g/mol. The van der Waals surface area contributed by atoms with Gasteiger partial charge in [-0.15, -0.1) is 0 Å². The molecule has 2 aliphatic rings. The Morgan fingerprint density at radius 3 is 2.60 bits per heavy atom. The molecule has 2 aromatic rings. The van der Waals surface area contributed by atoms with Crippen molar-refractivity contribution in [2.45, 2.75) is 24.9 Å². The van der Waals surface area contributed by atoms with Gasteiger partial charge in [0.1, 0.15) is 0 Å². The normalized spacial score (nSPS) is 24.7. The molecule has 0 radical (unpaired) electrons. The van der Waals surface area contributed by atoms with E-state index in [1.54, 1.807) is 29.4 Å². The zero-order valence-electron chi connectivity index (χ0n) is 13.6. The summed E-state index contributed by atoms with van der Waals surface area (Å²) in [6.07, 6.45) is 6.54. The van der Waals surface area contributed by atoms with Gasteiger partial charge in [0.25, 0.3) is 5.91 Å². The van der Waals surface area contributed by atoms with Crippen molar-refractivity contribution in [1.29, 1.82) is 0 Å². The van der Waals surface area contributed by atoms with Crippen LogP contribution in [0.1, 0.15) is 28.8 Å². The molecule has 0 saturated carbocycles. The molecule has 5 heteroatoms. The van der Waals surface area contributed by atoms with Crippen LogP contribution in [0.25, 0.3) is 5.57 Å². The number of carbonyl (C=O) groups excluding carboxylic acids is 1. The molecule has 1 aromatic carbocycles. The predicted molar refractivity (Wildman–Crippen MR) is 92.8 cm³/mol. The Hall–Kier alpha value is -2.95. The molecule has 2 bridgehead atoms. The first-order chi connectivity index (χ1) is 12.2. The van der Waals surface area contributed by atoms with Crippen molar-refractivity contribution in [3.8, 4) is 0 Å². The topological polar surface area (TPSA) is 70.5 Å². The van der Waals surface area contributed by atoms with Gasteiger partial charge < -0.3 is 10.0 Å². The minimum atomic E-state index is -0.834. The second-order valence-corrected chi connectivity index (χ2v) is 6.48. The van der Waals surface area contributed by atoms with Gasteiger partial charge in [0.2, 0.25) is 0 Å². The highest BCUT2D eigenvalue weighted by Gasteiger charge is 2.50. The maximum atomic E-state index is 13.1. The number of amides is 1. The second-order valence-electron chi connectivity index (χ2n) is 6.48. The summed E-state index contributed by atoms with van der Waals surface area (Å²) in [5, 5.41) is 9.61. The fourth-order valence-electron chi connectivity index (χ4n) is 4.01. The Kier molecular flexibility index (Phi) is 3.84. The summed E-state index contributed by atoms with van der Waals surface area (Å²) in [5.41, 5.74) is 2.54. The smallest absolute Gasteiger partial charge is 0.308 e. The second kappa shape index (κ2) is 6.16. The van der Waals surface area contributed by atoms with Gasteiger partial charge >= 0.3 is 5.97 Å². The predicted octanol–water partition coefficient (Wildman–Crippen LogP) is 2.85. The number of fused-ring (bicyclic) bond motifs is 2. The summed E-state index contributed by atoms with van der Waals surface area (Å²) in [6.45, 7) is 0. The van der Waals surface area contributed by atoms with Gasteiger partial charge in [-0.2, -0.15) is 0 Å². The Morgan fingerprint density at radius 1 is 1.12 bits per heavy atom. The quantitative estimate of drug-likeness (QED) is 0.937. The number of carboxylic acid groups (broad SMARTS) is 1. The van der Waals surface area contributed by atoms with E-state index in [0.717, 1.165) is 11.1 Å². The number of carboxylic acids is 1. The number of carbonyl (C=O) groups is 2. The molecule has 0 spiro atoms. The number of hydrogen-bond acceptors (Lipinski definition) is 3. The van der Waals surface area contributed by atoms with Crippen LogP contribution in [0.3, 0.4) is 0 Å². The third-order valence-electron chi connectivity index (χ3n) is 5.14. The minimum absolute atomic E-state index is 0.103.